The Morgan fingerprint density at radius 3 is 1.92 bits per heavy atom. The molecule has 0 bridgehead atoms. The van der Waals surface area contributed by atoms with Gasteiger partial charge in [-0.25, -0.2) is 0 Å². The molecule has 0 aliphatic rings. The number of rotatable bonds is 2. The number of carbonyl (C=O) groups is 1. The van der Waals surface area contributed by atoms with E-state index in [2.05, 4.69) is 20.8 Å². The molecule has 2 atom stereocenters. The summed E-state index contributed by atoms with van der Waals surface area (Å²) in [5, 5.41) is 0. The Bertz CT molecular complexity index is 182. The summed E-state index contributed by atoms with van der Waals surface area (Å²) >= 11 is 0. The molecule has 0 aliphatic heterocycles. The maximum absolute atomic E-state index is 11.5. The van der Waals surface area contributed by atoms with Crippen molar-refractivity contribution in [1.82, 2.24) is 4.90 Å². The summed E-state index contributed by atoms with van der Waals surface area (Å²) in [6, 6.07) is -0.208. The average Bonchev–Trinajstić information content (AvgIpc) is 1.98. The van der Waals surface area contributed by atoms with Crippen molar-refractivity contribution >= 4 is 5.91 Å². The van der Waals surface area contributed by atoms with Crippen molar-refractivity contribution in [2.24, 2.45) is 11.1 Å². The summed E-state index contributed by atoms with van der Waals surface area (Å²) < 4.78 is 0. The van der Waals surface area contributed by atoms with Crippen molar-refractivity contribution in [2.45, 2.75) is 46.7 Å². The van der Waals surface area contributed by atoms with E-state index in [1.807, 2.05) is 14.0 Å². The first-order valence-corrected chi connectivity index (χ1v) is 4.70. The normalized spacial score (nSPS) is 16.5. The number of likely N-dealkylation sites (N-methyl/N-ethyl adjacent to an activating group) is 1. The molecular formula is C10H22N2O. The molecule has 0 spiro atoms. The topological polar surface area (TPSA) is 46.3 Å². The van der Waals surface area contributed by atoms with Crippen molar-refractivity contribution in [3.05, 3.63) is 0 Å². The van der Waals surface area contributed by atoms with Gasteiger partial charge in [-0.15, -0.1) is 0 Å². The quantitative estimate of drug-likeness (QED) is 0.705. The van der Waals surface area contributed by atoms with Crippen LogP contribution in [0.2, 0.25) is 0 Å². The Kier molecular flexibility index (Phi) is 3.91. The van der Waals surface area contributed by atoms with Gasteiger partial charge in [0.25, 0.3) is 0 Å². The van der Waals surface area contributed by atoms with Crippen LogP contribution in [0.5, 0.6) is 0 Å². The Morgan fingerprint density at radius 1 is 1.31 bits per heavy atom. The number of amides is 1. The molecule has 0 aromatic rings. The molecule has 0 aromatic carbocycles. The molecule has 0 saturated heterocycles. The zero-order valence-corrected chi connectivity index (χ0v) is 9.59. The highest BCUT2D eigenvalue weighted by Gasteiger charge is 2.27. The second-order valence-corrected chi connectivity index (χ2v) is 4.78. The number of carbonyl (C=O) groups excluding carboxylic acids is 1. The van der Waals surface area contributed by atoms with Crippen LogP contribution in [0, 0.1) is 5.41 Å². The van der Waals surface area contributed by atoms with Crippen molar-refractivity contribution in [1.29, 1.82) is 0 Å². The molecule has 2 unspecified atom stereocenters. The summed E-state index contributed by atoms with van der Waals surface area (Å²) in [7, 11) is 1.81. The highest BCUT2D eigenvalue weighted by atomic mass is 16.2. The molecule has 0 saturated carbocycles. The minimum absolute atomic E-state index is 0.00225. The molecule has 3 heteroatoms. The zero-order valence-electron chi connectivity index (χ0n) is 9.59. The minimum Gasteiger partial charge on any atom is -0.341 e. The summed E-state index contributed by atoms with van der Waals surface area (Å²) in [4.78, 5) is 13.3. The van der Waals surface area contributed by atoms with Gasteiger partial charge in [0.1, 0.15) is 0 Å². The number of hydrogen-bond acceptors (Lipinski definition) is 2. The van der Waals surface area contributed by atoms with E-state index in [1.165, 1.54) is 0 Å². The van der Waals surface area contributed by atoms with E-state index < -0.39 is 6.04 Å². The smallest absolute Gasteiger partial charge is 0.239 e. The fourth-order valence-electron chi connectivity index (χ4n) is 1.09. The lowest BCUT2D eigenvalue weighted by atomic mass is 9.87. The van der Waals surface area contributed by atoms with Gasteiger partial charge in [-0.3, -0.25) is 4.79 Å². The number of hydrogen-bond donors (Lipinski definition) is 1. The molecule has 0 aliphatic carbocycles. The average molecular weight is 186 g/mol. The van der Waals surface area contributed by atoms with Crippen LogP contribution < -0.4 is 5.73 Å². The molecule has 0 aromatic heterocycles. The van der Waals surface area contributed by atoms with Crippen molar-refractivity contribution in [2.75, 3.05) is 7.05 Å². The lowest BCUT2D eigenvalue weighted by molar-refractivity contribution is -0.134. The van der Waals surface area contributed by atoms with E-state index >= 15 is 0 Å². The van der Waals surface area contributed by atoms with Crippen LogP contribution in [-0.4, -0.2) is 29.9 Å². The van der Waals surface area contributed by atoms with Crippen molar-refractivity contribution in [3.63, 3.8) is 0 Å². The van der Waals surface area contributed by atoms with Gasteiger partial charge in [0, 0.05) is 13.1 Å². The fraction of sp³-hybridized carbons (Fsp3) is 0.900. The first-order valence-electron chi connectivity index (χ1n) is 4.70. The van der Waals surface area contributed by atoms with Gasteiger partial charge in [-0.2, -0.15) is 0 Å². The highest BCUT2D eigenvalue weighted by Crippen LogP contribution is 2.23. The highest BCUT2D eigenvalue weighted by molar-refractivity contribution is 5.81. The third-order valence-corrected chi connectivity index (χ3v) is 2.57. The van der Waals surface area contributed by atoms with E-state index in [1.54, 1.807) is 11.8 Å². The van der Waals surface area contributed by atoms with Crippen LogP contribution in [0.15, 0.2) is 0 Å². The Morgan fingerprint density at radius 2 is 1.69 bits per heavy atom. The maximum atomic E-state index is 11.5. The van der Waals surface area contributed by atoms with Crippen LogP contribution in [0.25, 0.3) is 0 Å². The molecule has 3 nitrogen and oxygen atoms in total. The molecule has 0 radical (unpaired) electrons. The largest absolute Gasteiger partial charge is 0.341 e. The van der Waals surface area contributed by atoms with Crippen LogP contribution >= 0.6 is 0 Å². The van der Waals surface area contributed by atoms with Crippen LogP contribution in [0.1, 0.15) is 34.6 Å². The van der Waals surface area contributed by atoms with Gasteiger partial charge >= 0.3 is 0 Å². The Balaban J connectivity index is 4.43. The van der Waals surface area contributed by atoms with E-state index in [0.717, 1.165) is 0 Å². The van der Waals surface area contributed by atoms with Gasteiger partial charge in [-0.05, 0) is 19.3 Å². The zero-order chi connectivity index (χ0) is 10.8. The molecule has 0 fully saturated rings. The first kappa shape index (κ1) is 12.4. The van der Waals surface area contributed by atoms with Gasteiger partial charge in [-0.1, -0.05) is 20.8 Å². The molecular weight excluding hydrogens is 164 g/mol. The van der Waals surface area contributed by atoms with Crippen molar-refractivity contribution in [3.8, 4) is 0 Å². The predicted molar refractivity (Wildman–Crippen MR) is 55.3 cm³/mol. The van der Waals surface area contributed by atoms with Gasteiger partial charge in [0.05, 0.1) is 6.04 Å². The summed E-state index contributed by atoms with van der Waals surface area (Å²) in [5.74, 6) is 0.00225. The van der Waals surface area contributed by atoms with Crippen molar-refractivity contribution < 1.29 is 4.79 Å². The summed E-state index contributed by atoms with van der Waals surface area (Å²) in [6.45, 7) is 10.1. The molecule has 78 valence electrons. The van der Waals surface area contributed by atoms with E-state index in [4.69, 9.17) is 5.73 Å². The van der Waals surface area contributed by atoms with Gasteiger partial charge in [0.2, 0.25) is 5.91 Å². The second kappa shape index (κ2) is 4.09. The van der Waals surface area contributed by atoms with Crippen LogP contribution in [0.3, 0.4) is 0 Å². The lowest BCUT2D eigenvalue weighted by Gasteiger charge is -2.36. The Labute approximate surface area is 81.3 Å². The monoisotopic (exact) mass is 186 g/mol. The predicted octanol–water partition coefficient (Wildman–Crippen LogP) is 1.23. The third-order valence-electron chi connectivity index (χ3n) is 2.57. The Hall–Kier alpha value is -0.570. The van der Waals surface area contributed by atoms with E-state index in [0.29, 0.717) is 0 Å². The SMILES string of the molecule is CC(N)C(=O)N(C)C(C)C(C)(C)C. The molecule has 2 N–H and O–H groups in total. The number of nitrogens with two attached hydrogens (primary N) is 1. The first-order chi connectivity index (χ1) is 5.68. The molecule has 0 rings (SSSR count). The van der Waals surface area contributed by atoms with Gasteiger partial charge in [0.15, 0.2) is 0 Å². The van der Waals surface area contributed by atoms with Crippen LogP contribution in [0.4, 0.5) is 0 Å². The van der Waals surface area contributed by atoms with E-state index in [9.17, 15) is 4.79 Å². The summed E-state index contributed by atoms with van der Waals surface area (Å²) in [6.07, 6.45) is 0. The van der Waals surface area contributed by atoms with E-state index in [-0.39, 0.29) is 17.4 Å². The molecule has 13 heavy (non-hydrogen) atoms. The second-order valence-electron chi connectivity index (χ2n) is 4.78. The lowest BCUT2D eigenvalue weighted by Crippen LogP contribution is -2.48. The van der Waals surface area contributed by atoms with Crippen LogP contribution in [-0.2, 0) is 4.79 Å². The number of nitrogens with zero attached hydrogens (tertiary/aromatic N) is 1. The maximum Gasteiger partial charge on any atom is 0.239 e. The van der Waals surface area contributed by atoms with Gasteiger partial charge < -0.3 is 10.6 Å². The minimum atomic E-state index is -0.408. The standard InChI is InChI=1S/C10H22N2O/c1-7(11)9(13)12(6)8(2)10(3,4)5/h7-8H,11H2,1-6H3. The molecule has 0 heterocycles. The summed E-state index contributed by atoms with van der Waals surface area (Å²) in [5.41, 5.74) is 5.62. The fourth-order valence-corrected chi connectivity index (χ4v) is 1.09. The molecule has 1 amide bonds. The third kappa shape index (κ3) is 3.35.